The highest BCUT2D eigenvalue weighted by Crippen LogP contribution is 2.17. The molecule has 1 aliphatic heterocycles. The Morgan fingerprint density at radius 2 is 2.40 bits per heavy atom. The van der Waals surface area contributed by atoms with Gasteiger partial charge in [0, 0.05) is 30.4 Å². The molecule has 20 heavy (non-hydrogen) atoms. The van der Waals surface area contributed by atoms with E-state index in [1.165, 1.54) is 4.88 Å². The molecule has 2 atom stereocenters. The van der Waals surface area contributed by atoms with E-state index in [0.717, 1.165) is 19.3 Å². The summed E-state index contributed by atoms with van der Waals surface area (Å²) in [6.45, 7) is 3.10. The normalized spacial score (nSPS) is 20.4. The Balaban J connectivity index is 1.83. The van der Waals surface area contributed by atoms with Gasteiger partial charge in [0.15, 0.2) is 0 Å². The first kappa shape index (κ1) is 14.8. The number of amides is 3. The van der Waals surface area contributed by atoms with Gasteiger partial charge in [0.05, 0.1) is 5.92 Å². The molecule has 5 nitrogen and oxygen atoms in total. The van der Waals surface area contributed by atoms with Gasteiger partial charge in [-0.05, 0) is 31.2 Å². The van der Waals surface area contributed by atoms with E-state index in [1.807, 2.05) is 18.4 Å². The van der Waals surface area contributed by atoms with Crippen molar-refractivity contribution in [2.24, 2.45) is 11.7 Å². The molecule has 1 aliphatic rings. The zero-order valence-electron chi connectivity index (χ0n) is 11.7. The topological polar surface area (TPSA) is 75.4 Å². The maximum atomic E-state index is 12.2. The molecule has 2 heterocycles. The minimum atomic E-state index is -0.436. The van der Waals surface area contributed by atoms with Crippen molar-refractivity contribution >= 4 is 23.3 Å². The smallest absolute Gasteiger partial charge is 0.314 e. The van der Waals surface area contributed by atoms with E-state index in [0.29, 0.717) is 13.1 Å². The zero-order valence-corrected chi connectivity index (χ0v) is 12.5. The van der Waals surface area contributed by atoms with Crippen molar-refractivity contribution in [3.63, 3.8) is 0 Å². The number of piperidine rings is 1. The van der Waals surface area contributed by atoms with Crippen LogP contribution in [0.1, 0.15) is 24.6 Å². The van der Waals surface area contributed by atoms with Crippen LogP contribution in [0.25, 0.3) is 0 Å². The third kappa shape index (κ3) is 3.96. The molecule has 1 saturated heterocycles. The van der Waals surface area contributed by atoms with Gasteiger partial charge in [-0.3, -0.25) is 4.79 Å². The maximum Gasteiger partial charge on any atom is 0.314 e. The fourth-order valence-electron chi connectivity index (χ4n) is 2.53. The maximum absolute atomic E-state index is 12.2. The molecule has 1 aromatic heterocycles. The highest BCUT2D eigenvalue weighted by molar-refractivity contribution is 7.09. The lowest BCUT2D eigenvalue weighted by Crippen LogP contribution is -2.48. The molecule has 3 N–H and O–H groups in total. The first-order chi connectivity index (χ1) is 9.56. The molecule has 0 aromatic carbocycles. The molecule has 0 spiro atoms. The number of hydrogen-bond donors (Lipinski definition) is 2. The lowest BCUT2D eigenvalue weighted by Gasteiger charge is -2.31. The first-order valence-corrected chi connectivity index (χ1v) is 7.81. The molecule has 1 fully saturated rings. The Morgan fingerprint density at radius 3 is 3.05 bits per heavy atom. The minimum Gasteiger partial charge on any atom is -0.353 e. The van der Waals surface area contributed by atoms with Gasteiger partial charge in [-0.1, -0.05) is 6.07 Å². The summed E-state index contributed by atoms with van der Waals surface area (Å²) in [5, 5.41) is 5.07. The van der Waals surface area contributed by atoms with Crippen molar-refractivity contribution in [1.82, 2.24) is 10.2 Å². The predicted octanol–water partition coefficient (Wildman–Crippen LogP) is 1.59. The molecule has 110 valence electrons. The second-order valence-corrected chi connectivity index (χ2v) is 6.35. The van der Waals surface area contributed by atoms with E-state index >= 15 is 0 Å². The molecule has 0 unspecified atom stereocenters. The monoisotopic (exact) mass is 295 g/mol. The van der Waals surface area contributed by atoms with Gasteiger partial charge in [0.25, 0.3) is 0 Å². The molecular weight excluding hydrogens is 274 g/mol. The Bertz CT molecular complexity index is 461. The van der Waals surface area contributed by atoms with E-state index in [-0.39, 0.29) is 17.9 Å². The molecule has 3 amide bonds. The number of likely N-dealkylation sites (tertiary alicyclic amines) is 1. The Labute approximate surface area is 123 Å². The standard InChI is InChI=1S/C14H21N3O2S/c1-10(8-12-5-3-7-20-12)16-13(18)11-4-2-6-17(9-11)14(15)19/h3,5,7,10-11H,2,4,6,8-9H2,1H3,(H2,15,19)(H,16,18)/t10-,11-/m0/s1. The second kappa shape index (κ2) is 6.74. The summed E-state index contributed by atoms with van der Waals surface area (Å²) in [5.41, 5.74) is 5.28. The van der Waals surface area contributed by atoms with Crippen LogP contribution in [-0.4, -0.2) is 36.0 Å². The average Bonchev–Trinajstić information content (AvgIpc) is 2.91. The molecule has 6 heteroatoms. The van der Waals surface area contributed by atoms with Crippen molar-refractivity contribution in [2.45, 2.75) is 32.2 Å². The van der Waals surface area contributed by atoms with Gasteiger partial charge in [0.2, 0.25) is 5.91 Å². The van der Waals surface area contributed by atoms with E-state index < -0.39 is 6.03 Å². The van der Waals surface area contributed by atoms with E-state index in [1.54, 1.807) is 16.2 Å². The number of nitrogens with one attached hydrogen (secondary N) is 1. The average molecular weight is 295 g/mol. The molecule has 0 aliphatic carbocycles. The fourth-order valence-corrected chi connectivity index (χ4v) is 3.37. The van der Waals surface area contributed by atoms with Crippen molar-refractivity contribution in [3.8, 4) is 0 Å². The Hall–Kier alpha value is -1.56. The number of carbonyl (C=O) groups excluding carboxylic acids is 2. The summed E-state index contributed by atoms with van der Waals surface area (Å²) in [7, 11) is 0. The number of nitrogens with two attached hydrogens (primary N) is 1. The number of nitrogens with zero attached hydrogens (tertiary/aromatic N) is 1. The summed E-state index contributed by atoms with van der Waals surface area (Å²) in [6, 6.07) is 3.75. The van der Waals surface area contributed by atoms with Gasteiger partial charge in [-0.25, -0.2) is 4.79 Å². The molecule has 2 rings (SSSR count). The number of primary amides is 1. The van der Waals surface area contributed by atoms with Crippen LogP contribution in [0.5, 0.6) is 0 Å². The van der Waals surface area contributed by atoms with Crippen molar-refractivity contribution in [1.29, 1.82) is 0 Å². The molecule has 1 aromatic rings. The highest BCUT2D eigenvalue weighted by Gasteiger charge is 2.27. The van der Waals surface area contributed by atoms with Gasteiger partial charge in [-0.2, -0.15) is 0 Å². The number of carbonyl (C=O) groups is 2. The van der Waals surface area contributed by atoms with Crippen molar-refractivity contribution in [3.05, 3.63) is 22.4 Å². The van der Waals surface area contributed by atoms with Crippen LogP contribution in [0.2, 0.25) is 0 Å². The third-order valence-corrected chi connectivity index (χ3v) is 4.48. The largest absolute Gasteiger partial charge is 0.353 e. The summed E-state index contributed by atoms with van der Waals surface area (Å²) >= 11 is 1.70. The molecule has 0 saturated carbocycles. The van der Waals surface area contributed by atoms with Crippen LogP contribution in [0, 0.1) is 5.92 Å². The predicted molar refractivity (Wildman–Crippen MR) is 79.5 cm³/mol. The quantitative estimate of drug-likeness (QED) is 0.885. The fraction of sp³-hybridized carbons (Fsp3) is 0.571. The number of urea groups is 1. The van der Waals surface area contributed by atoms with Crippen LogP contribution in [0.3, 0.4) is 0 Å². The molecule has 0 radical (unpaired) electrons. The van der Waals surface area contributed by atoms with Gasteiger partial charge in [0.1, 0.15) is 0 Å². The van der Waals surface area contributed by atoms with E-state index in [4.69, 9.17) is 5.73 Å². The second-order valence-electron chi connectivity index (χ2n) is 5.32. The summed E-state index contributed by atoms with van der Waals surface area (Å²) in [5.74, 6) is -0.109. The highest BCUT2D eigenvalue weighted by atomic mass is 32.1. The van der Waals surface area contributed by atoms with Gasteiger partial charge < -0.3 is 16.0 Å². The van der Waals surface area contributed by atoms with E-state index in [2.05, 4.69) is 11.4 Å². The van der Waals surface area contributed by atoms with Crippen LogP contribution < -0.4 is 11.1 Å². The summed E-state index contributed by atoms with van der Waals surface area (Å²) < 4.78 is 0. The summed E-state index contributed by atoms with van der Waals surface area (Å²) in [4.78, 5) is 26.2. The lowest BCUT2D eigenvalue weighted by molar-refractivity contribution is -0.126. The van der Waals surface area contributed by atoms with Crippen LogP contribution in [0.15, 0.2) is 17.5 Å². The van der Waals surface area contributed by atoms with Crippen LogP contribution >= 0.6 is 11.3 Å². The summed E-state index contributed by atoms with van der Waals surface area (Å²) in [6.07, 6.45) is 2.50. The van der Waals surface area contributed by atoms with Crippen molar-refractivity contribution < 1.29 is 9.59 Å². The number of hydrogen-bond acceptors (Lipinski definition) is 3. The zero-order chi connectivity index (χ0) is 14.5. The Morgan fingerprint density at radius 1 is 1.60 bits per heavy atom. The number of rotatable bonds is 4. The lowest BCUT2D eigenvalue weighted by atomic mass is 9.97. The third-order valence-electron chi connectivity index (χ3n) is 3.58. The van der Waals surface area contributed by atoms with Gasteiger partial charge in [-0.15, -0.1) is 11.3 Å². The van der Waals surface area contributed by atoms with E-state index in [9.17, 15) is 9.59 Å². The first-order valence-electron chi connectivity index (χ1n) is 6.93. The number of thiophene rings is 1. The Kier molecular flexibility index (Phi) is 5.00. The molecular formula is C14H21N3O2S. The minimum absolute atomic E-state index is 0.0278. The van der Waals surface area contributed by atoms with Crippen molar-refractivity contribution in [2.75, 3.05) is 13.1 Å². The SMILES string of the molecule is C[C@@H](Cc1cccs1)NC(=O)[C@H]1CCCN(C(N)=O)C1. The van der Waals surface area contributed by atoms with Crippen LogP contribution in [-0.2, 0) is 11.2 Å². The van der Waals surface area contributed by atoms with Gasteiger partial charge >= 0.3 is 6.03 Å². The van der Waals surface area contributed by atoms with Crippen LogP contribution in [0.4, 0.5) is 4.79 Å². The molecule has 0 bridgehead atoms.